The third kappa shape index (κ3) is 4.96. The lowest BCUT2D eigenvalue weighted by Gasteiger charge is -2.24. The van der Waals surface area contributed by atoms with Crippen LogP contribution in [0.2, 0.25) is 0 Å². The zero-order chi connectivity index (χ0) is 18.4. The van der Waals surface area contributed by atoms with Gasteiger partial charge in [-0.2, -0.15) is 0 Å². The number of hydrogen-bond acceptors (Lipinski definition) is 7. The van der Waals surface area contributed by atoms with Crippen LogP contribution in [-0.4, -0.2) is 69.7 Å². The molecule has 0 unspecified atom stereocenters. The van der Waals surface area contributed by atoms with Crippen LogP contribution in [0.5, 0.6) is 0 Å². The summed E-state index contributed by atoms with van der Waals surface area (Å²) in [5, 5.41) is 13.5. The third-order valence-electron chi connectivity index (χ3n) is 4.37. The Hall–Kier alpha value is -2.58. The van der Waals surface area contributed by atoms with Crippen molar-refractivity contribution in [3.05, 3.63) is 48.5 Å². The van der Waals surface area contributed by atoms with Crippen LogP contribution in [0.3, 0.4) is 0 Å². The van der Waals surface area contributed by atoms with Crippen molar-refractivity contribution in [2.45, 2.75) is 18.6 Å². The van der Waals surface area contributed by atoms with Crippen molar-refractivity contribution >= 4 is 11.9 Å². The topological polar surface area (TPSA) is 94.5 Å². The highest BCUT2D eigenvalue weighted by Gasteiger charge is 2.37. The number of carbonyl (C=O) groups excluding carboxylic acids is 1. The molecule has 138 valence electrons. The summed E-state index contributed by atoms with van der Waals surface area (Å²) < 4.78 is 0. The van der Waals surface area contributed by atoms with Crippen LogP contribution < -0.4 is 10.2 Å². The molecule has 0 aromatic carbocycles. The second-order valence-corrected chi connectivity index (χ2v) is 6.75. The maximum absolute atomic E-state index is 12.2. The molecule has 2 aromatic heterocycles. The number of likely N-dealkylation sites (N-methyl/N-ethyl adjacent to an activating group) is 1. The minimum Gasteiger partial charge on any atom is -0.386 e. The van der Waals surface area contributed by atoms with Gasteiger partial charge < -0.3 is 15.3 Å². The van der Waals surface area contributed by atoms with Gasteiger partial charge in [-0.3, -0.25) is 14.7 Å². The maximum Gasteiger partial charge on any atom is 0.234 e. The molecular formula is C18H24N6O2. The van der Waals surface area contributed by atoms with Crippen LogP contribution in [0.1, 0.15) is 12.0 Å². The molecule has 8 heteroatoms. The molecular weight excluding hydrogens is 332 g/mol. The lowest BCUT2D eigenvalue weighted by Crippen LogP contribution is -2.47. The molecule has 2 aromatic rings. The van der Waals surface area contributed by atoms with Crippen molar-refractivity contribution in [1.82, 2.24) is 25.2 Å². The number of rotatable bonds is 7. The molecule has 26 heavy (non-hydrogen) atoms. The molecule has 1 atom stereocenters. The summed E-state index contributed by atoms with van der Waals surface area (Å²) >= 11 is 0. The molecule has 0 aliphatic carbocycles. The number of aromatic nitrogens is 3. The molecule has 0 saturated carbocycles. The van der Waals surface area contributed by atoms with Gasteiger partial charge in [0.25, 0.3) is 0 Å². The third-order valence-corrected chi connectivity index (χ3v) is 4.37. The zero-order valence-electron chi connectivity index (χ0n) is 14.9. The van der Waals surface area contributed by atoms with E-state index < -0.39 is 5.60 Å². The van der Waals surface area contributed by atoms with Crippen molar-refractivity contribution in [2.75, 3.05) is 38.1 Å². The van der Waals surface area contributed by atoms with E-state index in [-0.39, 0.29) is 19.0 Å². The lowest BCUT2D eigenvalue weighted by atomic mass is 10.0. The summed E-state index contributed by atoms with van der Waals surface area (Å²) in [7, 11) is 1.88. The number of anilines is 1. The number of aliphatic hydroxyl groups is 1. The van der Waals surface area contributed by atoms with Crippen LogP contribution in [-0.2, 0) is 11.3 Å². The number of β-amino-alcohol motifs (C(OH)–C–C–N with tert-alkyl or cyclic N) is 1. The van der Waals surface area contributed by atoms with Gasteiger partial charge in [0, 0.05) is 44.4 Å². The van der Waals surface area contributed by atoms with Gasteiger partial charge in [-0.1, -0.05) is 6.07 Å². The molecule has 1 fully saturated rings. The Bertz CT molecular complexity index is 714. The van der Waals surface area contributed by atoms with Gasteiger partial charge in [-0.25, -0.2) is 9.97 Å². The van der Waals surface area contributed by atoms with Gasteiger partial charge in [-0.05, 0) is 31.2 Å². The molecule has 1 saturated heterocycles. The number of nitrogens with zero attached hydrogens (tertiary/aromatic N) is 5. The smallest absolute Gasteiger partial charge is 0.234 e. The van der Waals surface area contributed by atoms with Crippen molar-refractivity contribution < 1.29 is 9.90 Å². The normalized spacial score (nSPS) is 19.7. The highest BCUT2D eigenvalue weighted by atomic mass is 16.3. The maximum atomic E-state index is 12.2. The fraction of sp³-hybridized carbons (Fsp3) is 0.444. The average Bonchev–Trinajstić information content (AvgIpc) is 3.04. The Balaban J connectivity index is 1.44. The first kappa shape index (κ1) is 18.2. The predicted molar refractivity (Wildman–Crippen MR) is 97.4 cm³/mol. The fourth-order valence-corrected chi connectivity index (χ4v) is 3.05. The second-order valence-electron chi connectivity index (χ2n) is 6.75. The molecule has 0 bridgehead atoms. The minimum absolute atomic E-state index is 0.112. The molecule has 0 radical (unpaired) electrons. The summed E-state index contributed by atoms with van der Waals surface area (Å²) in [6, 6.07) is 5.61. The number of amides is 1. The van der Waals surface area contributed by atoms with Gasteiger partial charge in [0.2, 0.25) is 11.9 Å². The molecule has 1 aliphatic heterocycles. The van der Waals surface area contributed by atoms with E-state index in [2.05, 4.69) is 20.3 Å². The van der Waals surface area contributed by atoms with Crippen molar-refractivity contribution in [2.24, 2.45) is 0 Å². The van der Waals surface area contributed by atoms with E-state index in [9.17, 15) is 9.90 Å². The molecule has 1 aliphatic rings. The van der Waals surface area contributed by atoms with Gasteiger partial charge in [0.05, 0.1) is 13.1 Å². The number of hydrogen-bond donors (Lipinski definition) is 2. The summed E-state index contributed by atoms with van der Waals surface area (Å²) in [4.78, 5) is 28.5. The highest BCUT2D eigenvalue weighted by molar-refractivity contribution is 5.78. The summed E-state index contributed by atoms with van der Waals surface area (Å²) in [5.74, 6) is 0.491. The van der Waals surface area contributed by atoms with Crippen LogP contribution in [0.4, 0.5) is 5.95 Å². The van der Waals surface area contributed by atoms with E-state index >= 15 is 0 Å². The van der Waals surface area contributed by atoms with Crippen molar-refractivity contribution in [3.63, 3.8) is 0 Å². The summed E-state index contributed by atoms with van der Waals surface area (Å²) in [5.41, 5.74) is 0.0901. The van der Waals surface area contributed by atoms with Crippen LogP contribution in [0.15, 0.2) is 43.0 Å². The Morgan fingerprint density at radius 2 is 2.15 bits per heavy atom. The molecule has 3 heterocycles. The van der Waals surface area contributed by atoms with Gasteiger partial charge >= 0.3 is 0 Å². The molecule has 8 nitrogen and oxygen atoms in total. The first-order valence-electron chi connectivity index (χ1n) is 8.63. The van der Waals surface area contributed by atoms with E-state index in [1.807, 2.05) is 29.0 Å². The number of nitrogens with one attached hydrogen (secondary N) is 1. The Kier molecular flexibility index (Phi) is 5.75. The largest absolute Gasteiger partial charge is 0.386 e. The van der Waals surface area contributed by atoms with E-state index in [4.69, 9.17) is 0 Å². The molecule has 3 rings (SSSR count). The average molecular weight is 356 g/mol. The van der Waals surface area contributed by atoms with E-state index in [1.165, 1.54) is 0 Å². The molecule has 1 amide bonds. The van der Waals surface area contributed by atoms with E-state index in [0.717, 1.165) is 5.56 Å². The van der Waals surface area contributed by atoms with Gasteiger partial charge in [-0.15, -0.1) is 0 Å². The van der Waals surface area contributed by atoms with Gasteiger partial charge in [0.15, 0.2) is 0 Å². The summed E-state index contributed by atoms with van der Waals surface area (Å²) in [6.07, 6.45) is 7.44. The minimum atomic E-state index is -0.962. The monoisotopic (exact) mass is 356 g/mol. The Morgan fingerprint density at radius 3 is 2.88 bits per heavy atom. The number of carbonyl (C=O) groups is 1. The number of pyridine rings is 1. The summed E-state index contributed by atoms with van der Waals surface area (Å²) in [6.45, 7) is 2.19. The van der Waals surface area contributed by atoms with Crippen LogP contribution in [0.25, 0.3) is 0 Å². The zero-order valence-corrected chi connectivity index (χ0v) is 14.9. The SMILES string of the molecule is CN(CC(=O)NC[C@@]1(O)CCN(c2ncccn2)C1)Cc1cccnc1. The second kappa shape index (κ2) is 8.20. The lowest BCUT2D eigenvalue weighted by molar-refractivity contribution is -0.123. The quantitative estimate of drug-likeness (QED) is 0.724. The first-order chi connectivity index (χ1) is 12.5. The highest BCUT2D eigenvalue weighted by Crippen LogP contribution is 2.23. The Morgan fingerprint density at radius 1 is 1.35 bits per heavy atom. The predicted octanol–water partition coefficient (Wildman–Crippen LogP) is 0.0610. The van der Waals surface area contributed by atoms with Gasteiger partial charge in [0.1, 0.15) is 5.60 Å². The van der Waals surface area contributed by atoms with Crippen LogP contribution >= 0.6 is 0 Å². The first-order valence-corrected chi connectivity index (χ1v) is 8.63. The van der Waals surface area contributed by atoms with Crippen LogP contribution in [0, 0.1) is 0 Å². The standard InChI is InChI=1S/C18H24N6O2/c1-23(11-15-4-2-6-19-10-15)12-16(25)22-13-18(26)5-9-24(14-18)17-20-7-3-8-21-17/h2-4,6-8,10,26H,5,9,11-14H2,1H3,(H,22,25)/t18-/m0/s1. The fourth-order valence-electron chi connectivity index (χ4n) is 3.05. The van der Waals surface area contributed by atoms with E-state index in [0.29, 0.717) is 32.0 Å². The van der Waals surface area contributed by atoms with E-state index in [1.54, 1.807) is 30.9 Å². The van der Waals surface area contributed by atoms with Crippen molar-refractivity contribution in [1.29, 1.82) is 0 Å². The molecule has 0 spiro atoms. The Labute approximate surface area is 152 Å². The van der Waals surface area contributed by atoms with Crippen molar-refractivity contribution in [3.8, 4) is 0 Å². The molecule has 2 N–H and O–H groups in total.